The number of nitrogens with one attached hydrogen (secondary N) is 1. The Kier molecular flexibility index (Phi) is 5.22. The summed E-state index contributed by atoms with van der Waals surface area (Å²) < 4.78 is 37.7. The first kappa shape index (κ1) is 16.3. The van der Waals surface area contributed by atoms with Crippen molar-refractivity contribution in [3.63, 3.8) is 0 Å². The second-order valence-corrected chi connectivity index (χ2v) is 5.60. The van der Waals surface area contributed by atoms with Crippen LogP contribution in [0.25, 0.3) is 0 Å². The normalized spacial score (nSPS) is 23.6. The van der Waals surface area contributed by atoms with Gasteiger partial charge in [0.05, 0.1) is 12.0 Å². The van der Waals surface area contributed by atoms with Crippen LogP contribution in [0.15, 0.2) is 0 Å². The zero-order valence-electron chi connectivity index (χ0n) is 11.7. The summed E-state index contributed by atoms with van der Waals surface area (Å²) in [6.45, 7) is 4.69. The van der Waals surface area contributed by atoms with E-state index in [2.05, 4.69) is 16.3 Å². The first-order valence-electron chi connectivity index (χ1n) is 6.63. The van der Waals surface area contributed by atoms with Crippen molar-refractivity contribution in [2.45, 2.75) is 50.9 Å². The zero-order chi connectivity index (χ0) is 14.7. The minimum absolute atomic E-state index is 0.103. The van der Waals surface area contributed by atoms with Crippen LogP contribution in [0.2, 0.25) is 0 Å². The molecule has 110 valence electrons. The van der Waals surface area contributed by atoms with Gasteiger partial charge in [-0.3, -0.25) is 0 Å². The Morgan fingerprint density at radius 2 is 1.89 bits per heavy atom. The predicted octanol–water partition coefficient (Wildman–Crippen LogP) is 2.54. The number of hydrogen-bond donors (Lipinski definition) is 1. The fraction of sp³-hybridized carbons (Fsp3) is 0.923. The molecule has 3 nitrogen and oxygen atoms in total. The van der Waals surface area contributed by atoms with E-state index in [-0.39, 0.29) is 18.9 Å². The lowest BCUT2D eigenvalue weighted by Gasteiger charge is -2.38. The molecular formula is C13H22F3N3. The van der Waals surface area contributed by atoms with Crippen molar-refractivity contribution in [3.05, 3.63) is 0 Å². The van der Waals surface area contributed by atoms with Gasteiger partial charge in [-0.25, -0.2) is 0 Å². The molecule has 2 unspecified atom stereocenters. The van der Waals surface area contributed by atoms with Crippen molar-refractivity contribution >= 4 is 0 Å². The summed E-state index contributed by atoms with van der Waals surface area (Å²) in [4.78, 5) is 2.05. The van der Waals surface area contributed by atoms with Gasteiger partial charge in [-0.1, -0.05) is 0 Å². The van der Waals surface area contributed by atoms with Gasteiger partial charge in [0, 0.05) is 6.04 Å². The highest BCUT2D eigenvalue weighted by molar-refractivity contribution is 5.04. The third-order valence-corrected chi connectivity index (χ3v) is 4.12. The summed E-state index contributed by atoms with van der Waals surface area (Å²) in [6, 6.07) is 2.32. The van der Waals surface area contributed by atoms with Crippen molar-refractivity contribution in [1.29, 1.82) is 5.26 Å². The minimum atomic E-state index is -4.07. The van der Waals surface area contributed by atoms with Crippen molar-refractivity contribution in [2.75, 3.05) is 20.1 Å². The first-order chi connectivity index (χ1) is 8.72. The quantitative estimate of drug-likeness (QED) is 0.858. The second-order valence-electron chi connectivity index (χ2n) is 5.60. The topological polar surface area (TPSA) is 39.1 Å². The van der Waals surface area contributed by atoms with Crippen molar-refractivity contribution in [2.24, 2.45) is 5.92 Å². The Morgan fingerprint density at radius 3 is 2.26 bits per heavy atom. The van der Waals surface area contributed by atoms with E-state index >= 15 is 0 Å². The Bertz CT molecular complexity index is 329. The molecule has 1 saturated heterocycles. The Hall–Kier alpha value is -0.800. The van der Waals surface area contributed by atoms with Crippen LogP contribution in [0.1, 0.15) is 33.1 Å². The number of nitriles is 1. The van der Waals surface area contributed by atoms with Crippen molar-refractivity contribution in [3.8, 4) is 6.07 Å². The van der Waals surface area contributed by atoms with E-state index in [1.807, 2.05) is 13.8 Å². The molecule has 0 aromatic heterocycles. The van der Waals surface area contributed by atoms with Crippen molar-refractivity contribution in [1.82, 2.24) is 10.2 Å². The van der Waals surface area contributed by atoms with E-state index in [1.54, 1.807) is 7.05 Å². The number of likely N-dealkylation sites (tertiary alicyclic amines) is 1. The number of piperidine rings is 1. The van der Waals surface area contributed by atoms with Gasteiger partial charge in [-0.15, -0.1) is 0 Å². The molecule has 1 rings (SSSR count). The Labute approximate surface area is 112 Å². The maximum absolute atomic E-state index is 12.6. The van der Waals surface area contributed by atoms with Gasteiger partial charge >= 0.3 is 6.18 Å². The van der Waals surface area contributed by atoms with Crippen LogP contribution in [-0.2, 0) is 0 Å². The zero-order valence-corrected chi connectivity index (χ0v) is 11.7. The summed E-state index contributed by atoms with van der Waals surface area (Å²) in [5.74, 6) is -1.16. The molecule has 0 radical (unpaired) electrons. The van der Waals surface area contributed by atoms with Gasteiger partial charge in [0.25, 0.3) is 0 Å². The molecule has 1 aliphatic rings. The van der Waals surface area contributed by atoms with Crippen LogP contribution >= 0.6 is 0 Å². The highest BCUT2D eigenvalue weighted by Crippen LogP contribution is 2.35. The molecule has 1 heterocycles. The lowest BCUT2D eigenvalue weighted by Crippen LogP contribution is -2.48. The molecule has 0 bridgehead atoms. The molecule has 0 amide bonds. The number of rotatable bonds is 4. The second kappa shape index (κ2) is 6.10. The van der Waals surface area contributed by atoms with Crippen LogP contribution < -0.4 is 5.32 Å². The smallest absolute Gasteiger partial charge is 0.303 e. The number of nitrogens with zero attached hydrogens (tertiary/aromatic N) is 2. The highest BCUT2D eigenvalue weighted by atomic mass is 19.4. The van der Waals surface area contributed by atoms with E-state index < -0.39 is 17.6 Å². The van der Waals surface area contributed by atoms with Crippen LogP contribution in [0.3, 0.4) is 0 Å². The Balaban J connectivity index is 2.50. The van der Waals surface area contributed by atoms with Gasteiger partial charge in [0.2, 0.25) is 0 Å². The summed E-state index contributed by atoms with van der Waals surface area (Å²) in [5.41, 5.74) is -0.625. The fourth-order valence-electron chi connectivity index (χ4n) is 2.59. The van der Waals surface area contributed by atoms with Crippen LogP contribution in [0.4, 0.5) is 13.2 Å². The van der Waals surface area contributed by atoms with Crippen LogP contribution in [0.5, 0.6) is 0 Å². The average Bonchev–Trinajstić information content (AvgIpc) is 2.37. The van der Waals surface area contributed by atoms with Gasteiger partial charge in [-0.05, 0) is 53.2 Å². The fourth-order valence-corrected chi connectivity index (χ4v) is 2.59. The number of alkyl halides is 3. The molecule has 0 aromatic rings. The molecule has 1 aliphatic heterocycles. The molecule has 6 heteroatoms. The maximum Gasteiger partial charge on any atom is 0.391 e. The van der Waals surface area contributed by atoms with Crippen molar-refractivity contribution < 1.29 is 13.2 Å². The largest absolute Gasteiger partial charge is 0.391 e. The van der Waals surface area contributed by atoms with E-state index in [0.717, 1.165) is 0 Å². The van der Waals surface area contributed by atoms with Crippen LogP contribution in [-0.4, -0.2) is 42.8 Å². The third-order valence-electron chi connectivity index (χ3n) is 4.12. The van der Waals surface area contributed by atoms with E-state index in [0.29, 0.717) is 19.5 Å². The number of hydrogen-bond acceptors (Lipinski definition) is 3. The SMILES string of the molecule is CNC(C)(C#N)CC(C)N1CCC(C(F)(F)F)CC1. The first-order valence-corrected chi connectivity index (χ1v) is 6.63. The van der Waals surface area contributed by atoms with E-state index in [9.17, 15) is 13.2 Å². The molecular weight excluding hydrogens is 255 g/mol. The lowest BCUT2D eigenvalue weighted by atomic mass is 9.91. The molecule has 0 saturated carbocycles. The van der Waals surface area contributed by atoms with Gasteiger partial charge in [-0.2, -0.15) is 18.4 Å². The monoisotopic (exact) mass is 277 g/mol. The highest BCUT2D eigenvalue weighted by Gasteiger charge is 2.42. The lowest BCUT2D eigenvalue weighted by molar-refractivity contribution is -0.186. The molecule has 0 aliphatic carbocycles. The molecule has 1 N–H and O–H groups in total. The summed E-state index contributed by atoms with van der Waals surface area (Å²) in [6.07, 6.45) is -3.13. The van der Waals surface area contributed by atoms with Gasteiger partial charge in [0.15, 0.2) is 0 Å². The molecule has 1 fully saturated rings. The summed E-state index contributed by atoms with van der Waals surface area (Å²) in [5, 5.41) is 12.1. The molecule has 0 spiro atoms. The summed E-state index contributed by atoms with van der Waals surface area (Å²) in [7, 11) is 1.73. The molecule has 0 aromatic carbocycles. The van der Waals surface area contributed by atoms with Crippen LogP contribution in [0, 0.1) is 17.2 Å². The minimum Gasteiger partial charge on any atom is -0.303 e. The third kappa shape index (κ3) is 4.36. The number of halogens is 3. The average molecular weight is 277 g/mol. The maximum atomic E-state index is 12.6. The summed E-state index contributed by atoms with van der Waals surface area (Å²) >= 11 is 0. The van der Waals surface area contributed by atoms with Gasteiger partial charge < -0.3 is 10.2 Å². The van der Waals surface area contributed by atoms with E-state index in [1.165, 1.54) is 0 Å². The predicted molar refractivity (Wildman–Crippen MR) is 67.5 cm³/mol. The standard InChI is InChI=1S/C13H22F3N3/c1-10(8-12(2,9-17)18-3)19-6-4-11(5-7-19)13(14,15)16/h10-11,18H,4-8H2,1-3H3. The van der Waals surface area contributed by atoms with E-state index in [4.69, 9.17) is 5.26 Å². The Morgan fingerprint density at radius 1 is 1.37 bits per heavy atom. The molecule has 19 heavy (non-hydrogen) atoms. The van der Waals surface area contributed by atoms with Gasteiger partial charge in [0.1, 0.15) is 5.54 Å². The molecule has 2 atom stereocenters.